The van der Waals surface area contributed by atoms with E-state index in [4.69, 9.17) is 9.57 Å². The van der Waals surface area contributed by atoms with Gasteiger partial charge in [-0.25, -0.2) is 4.79 Å². The zero-order chi connectivity index (χ0) is 12.0. The number of hydrogen-bond acceptors (Lipinski definition) is 5. The van der Waals surface area contributed by atoms with Crippen molar-refractivity contribution in [3.05, 3.63) is 28.0 Å². The number of nitrogens with zero attached hydrogens (tertiary/aromatic N) is 1. The second-order valence-electron chi connectivity index (χ2n) is 4.64. The smallest absolute Gasteiger partial charge is 0.371 e. The minimum atomic E-state index is -0.418. The van der Waals surface area contributed by atoms with Crippen molar-refractivity contribution in [3.63, 3.8) is 0 Å². The third-order valence-electron chi connectivity index (χ3n) is 2.68. The maximum absolute atomic E-state index is 11.7. The molecule has 0 fully saturated rings. The van der Waals surface area contributed by atoms with Gasteiger partial charge >= 0.3 is 5.97 Å². The Hall–Kier alpha value is -1.62. The van der Waals surface area contributed by atoms with Gasteiger partial charge in [0, 0.05) is 6.42 Å². The third kappa shape index (κ3) is 1.67. The molecule has 3 rings (SSSR count). The molecule has 0 bridgehead atoms. The van der Waals surface area contributed by atoms with Crippen molar-refractivity contribution in [2.75, 3.05) is 0 Å². The van der Waals surface area contributed by atoms with Crippen molar-refractivity contribution in [2.24, 2.45) is 5.16 Å². The average molecular weight is 249 g/mol. The summed E-state index contributed by atoms with van der Waals surface area (Å²) >= 11 is 1.54. The fourth-order valence-electron chi connectivity index (χ4n) is 2.00. The van der Waals surface area contributed by atoms with Crippen LogP contribution in [-0.2, 0) is 14.4 Å². The SMILES string of the molecule is CC1(C)CC2=NOC(=O)C2=C(c2cccs2)O1. The van der Waals surface area contributed by atoms with E-state index in [0.29, 0.717) is 23.5 Å². The highest BCUT2D eigenvalue weighted by atomic mass is 32.1. The molecule has 0 saturated heterocycles. The third-order valence-corrected chi connectivity index (χ3v) is 3.54. The molecule has 4 nitrogen and oxygen atoms in total. The van der Waals surface area contributed by atoms with Gasteiger partial charge in [-0.3, -0.25) is 0 Å². The van der Waals surface area contributed by atoms with Crippen LogP contribution in [0, 0.1) is 0 Å². The van der Waals surface area contributed by atoms with Crippen molar-refractivity contribution in [1.82, 2.24) is 0 Å². The molecule has 0 amide bonds. The molecule has 1 aromatic heterocycles. The van der Waals surface area contributed by atoms with Gasteiger partial charge in [-0.05, 0) is 25.3 Å². The number of carbonyl (C=O) groups excluding carboxylic acids is 1. The van der Waals surface area contributed by atoms with E-state index < -0.39 is 5.97 Å². The molecule has 2 aliphatic rings. The van der Waals surface area contributed by atoms with E-state index >= 15 is 0 Å². The van der Waals surface area contributed by atoms with Crippen LogP contribution in [-0.4, -0.2) is 17.3 Å². The molecular formula is C12H11NO3S. The Balaban J connectivity index is 2.17. The van der Waals surface area contributed by atoms with Gasteiger partial charge < -0.3 is 9.57 Å². The summed E-state index contributed by atoms with van der Waals surface area (Å²) in [4.78, 5) is 17.3. The van der Waals surface area contributed by atoms with Crippen LogP contribution in [0.2, 0.25) is 0 Å². The van der Waals surface area contributed by atoms with Crippen molar-refractivity contribution in [2.45, 2.75) is 25.9 Å². The molecule has 0 saturated carbocycles. The summed E-state index contributed by atoms with van der Waals surface area (Å²) in [5.41, 5.74) is 0.803. The lowest BCUT2D eigenvalue weighted by Gasteiger charge is -2.31. The molecule has 0 spiro atoms. The summed E-state index contributed by atoms with van der Waals surface area (Å²) < 4.78 is 5.91. The first-order valence-corrected chi connectivity index (χ1v) is 6.20. The topological polar surface area (TPSA) is 47.9 Å². The van der Waals surface area contributed by atoms with Gasteiger partial charge in [0.2, 0.25) is 0 Å². The maximum atomic E-state index is 11.7. The Morgan fingerprint density at radius 3 is 3.00 bits per heavy atom. The molecule has 0 atom stereocenters. The zero-order valence-electron chi connectivity index (χ0n) is 9.52. The molecule has 0 aromatic carbocycles. The number of oxime groups is 1. The Bertz CT molecular complexity index is 540. The standard InChI is InChI=1S/C12H11NO3S/c1-12(2)6-7-9(11(14)16-13-7)10(15-12)8-4-3-5-17-8/h3-5H,6H2,1-2H3. The maximum Gasteiger partial charge on any atom is 0.371 e. The van der Waals surface area contributed by atoms with Gasteiger partial charge in [0.05, 0.1) is 4.88 Å². The lowest BCUT2D eigenvalue weighted by molar-refractivity contribution is -0.136. The van der Waals surface area contributed by atoms with E-state index in [1.165, 1.54) is 11.3 Å². The predicted molar refractivity (Wildman–Crippen MR) is 64.5 cm³/mol. The van der Waals surface area contributed by atoms with Crippen molar-refractivity contribution in [3.8, 4) is 0 Å². The molecule has 0 N–H and O–H groups in total. The summed E-state index contributed by atoms with van der Waals surface area (Å²) in [7, 11) is 0. The summed E-state index contributed by atoms with van der Waals surface area (Å²) in [6.45, 7) is 3.95. The molecule has 0 aliphatic carbocycles. The molecule has 17 heavy (non-hydrogen) atoms. The van der Waals surface area contributed by atoms with Crippen LogP contribution >= 0.6 is 11.3 Å². The van der Waals surface area contributed by atoms with Crippen LogP contribution < -0.4 is 0 Å². The number of hydrogen-bond donors (Lipinski definition) is 0. The number of rotatable bonds is 1. The van der Waals surface area contributed by atoms with E-state index in [2.05, 4.69) is 5.16 Å². The van der Waals surface area contributed by atoms with Crippen LogP contribution in [0.3, 0.4) is 0 Å². The molecule has 2 aliphatic heterocycles. The van der Waals surface area contributed by atoms with Crippen LogP contribution in [0.5, 0.6) is 0 Å². The van der Waals surface area contributed by atoms with Crippen LogP contribution in [0.15, 0.2) is 28.2 Å². The highest BCUT2D eigenvalue weighted by Crippen LogP contribution is 2.39. The Morgan fingerprint density at radius 1 is 1.47 bits per heavy atom. The molecule has 0 radical (unpaired) electrons. The summed E-state index contributed by atoms with van der Waals surface area (Å²) in [6, 6.07) is 3.85. The number of fused-ring (bicyclic) bond motifs is 1. The summed E-state index contributed by atoms with van der Waals surface area (Å²) in [5, 5.41) is 5.78. The molecule has 0 unspecified atom stereocenters. The van der Waals surface area contributed by atoms with E-state index in [9.17, 15) is 4.79 Å². The molecule has 88 valence electrons. The van der Waals surface area contributed by atoms with Crippen molar-refractivity contribution >= 4 is 28.8 Å². The summed E-state index contributed by atoms with van der Waals surface area (Å²) in [6.07, 6.45) is 0.586. The number of ether oxygens (including phenoxy) is 1. The second-order valence-corrected chi connectivity index (χ2v) is 5.58. The van der Waals surface area contributed by atoms with E-state index in [0.717, 1.165) is 4.88 Å². The van der Waals surface area contributed by atoms with E-state index in [1.807, 2.05) is 31.4 Å². The molecule has 1 aromatic rings. The van der Waals surface area contributed by atoms with E-state index in [-0.39, 0.29) is 5.60 Å². The van der Waals surface area contributed by atoms with Gasteiger partial charge in [0.25, 0.3) is 0 Å². The first-order chi connectivity index (χ1) is 8.07. The quantitative estimate of drug-likeness (QED) is 0.719. The number of thiophene rings is 1. The van der Waals surface area contributed by atoms with Crippen molar-refractivity contribution < 1.29 is 14.4 Å². The van der Waals surface area contributed by atoms with Gasteiger partial charge in [0.1, 0.15) is 16.9 Å². The minimum Gasteiger partial charge on any atom is -0.485 e. The minimum absolute atomic E-state index is 0.365. The Morgan fingerprint density at radius 2 is 2.29 bits per heavy atom. The molecule has 3 heterocycles. The zero-order valence-corrected chi connectivity index (χ0v) is 10.3. The van der Waals surface area contributed by atoms with Gasteiger partial charge in [0.15, 0.2) is 5.76 Å². The Labute approximate surface area is 103 Å². The lowest BCUT2D eigenvalue weighted by Crippen LogP contribution is -2.33. The fourth-order valence-corrected chi connectivity index (χ4v) is 2.71. The van der Waals surface area contributed by atoms with Gasteiger partial charge in [-0.1, -0.05) is 11.2 Å². The second kappa shape index (κ2) is 3.43. The largest absolute Gasteiger partial charge is 0.485 e. The van der Waals surface area contributed by atoms with Crippen molar-refractivity contribution in [1.29, 1.82) is 0 Å². The number of carbonyl (C=O) groups is 1. The van der Waals surface area contributed by atoms with Crippen LogP contribution in [0.1, 0.15) is 25.1 Å². The van der Waals surface area contributed by atoms with Crippen LogP contribution in [0.4, 0.5) is 0 Å². The predicted octanol–water partition coefficient (Wildman–Crippen LogP) is 2.57. The first-order valence-electron chi connectivity index (χ1n) is 5.32. The highest BCUT2D eigenvalue weighted by Gasteiger charge is 2.41. The molecule has 5 heteroatoms. The first kappa shape index (κ1) is 10.5. The monoisotopic (exact) mass is 249 g/mol. The fraction of sp³-hybridized carbons (Fsp3) is 0.333. The van der Waals surface area contributed by atoms with Gasteiger partial charge in [-0.2, -0.15) is 0 Å². The summed E-state index contributed by atoms with van der Waals surface area (Å²) in [5.74, 6) is 0.177. The highest BCUT2D eigenvalue weighted by molar-refractivity contribution is 7.11. The normalized spacial score (nSPS) is 21.8. The van der Waals surface area contributed by atoms with E-state index in [1.54, 1.807) is 0 Å². The van der Waals surface area contributed by atoms with Crippen LogP contribution in [0.25, 0.3) is 5.76 Å². The Kier molecular flexibility index (Phi) is 2.13. The lowest BCUT2D eigenvalue weighted by atomic mass is 9.92. The molecular weight excluding hydrogens is 238 g/mol. The average Bonchev–Trinajstić information content (AvgIpc) is 2.86. The van der Waals surface area contributed by atoms with Gasteiger partial charge in [-0.15, -0.1) is 11.3 Å².